The lowest BCUT2D eigenvalue weighted by molar-refractivity contribution is -0.121. The molecule has 1 heterocycles. The predicted molar refractivity (Wildman–Crippen MR) is 159 cm³/mol. The van der Waals surface area contributed by atoms with Gasteiger partial charge < -0.3 is 15.5 Å². The molecule has 2 N–H and O–H groups in total. The van der Waals surface area contributed by atoms with Crippen molar-refractivity contribution in [1.82, 2.24) is 15.3 Å². The van der Waals surface area contributed by atoms with Crippen molar-refractivity contribution in [2.45, 2.75) is 38.0 Å². The molecule has 6 rings (SSSR count). The highest BCUT2D eigenvalue weighted by Crippen LogP contribution is 2.46. The van der Waals surface area contributed by atoms with Crippen LogP contribution >= 0.6 is 0 Å². The van der Waals surface area contributed by atoms with E-state index in [9.17, 15) is 4.79 Å². The van der Waals surface area contributed by atoms with Crippen LogP contribution in [0.2, 0.25) is 0 Å². The van der Waals surface area contributed by atoms with Crippen LogP contribution in [0.4, 0.5) is 11.8 Å². The molecular formula is C33H37N5O. The Morgan fingerprint density at radius 3 is 2.05 bits per heavy atom. The monoisotopic (exact) mass is 519 g/mol. The van der Waals surface area contributed by atoms with Crippen LogP contribution in [0.25, 0.3) is 22.0 Å². The SMILES string of the molecule is CN(C)c1nc(NCC2CCC(CNC(=O)CC3c4ccccc4-c4ccccc43)CC2)nc2ccccc12. The number of aromatic nitrogens is 2. The molecule has 6 heteroatoms. The summed E-state index contributed by atoms with van der Waals surface area (Å²) < 4.78 is 0. The summed E-state index contributed by atoms with van der Waals surface area (Å²) >= 11 is 0. The van der Waals surface area contributed by atoms with Gasteiger partial charge in [-0.25, -0.2) is 4.98 Å². The van der Waals surface area contributed by atoms with Crippen LogP contribution in [0.1, 0.15) is 49.1 Å². The van der Waals surface area contributed by atoms with E-state index < -0.39 is 0 Å². The van der Waals surface area contributed by atoms with E-state index in [1.54, 1.807) is 0 Å². The van der Waals surface area contributed by atoms with Crippen molar-refractivity contribution in [3.8, 4) is 11.1 Å². The summed E-state index contributed by atoms with van der Waals surface area (Å²) in [6.07, 6.45) is 5.11. The van der Waals surface area contributed by atoms with Crippen molar-refractivity contribution in [2.75, 3.05) is 37.4 Å². The predicted octanol–water partition coefficient (Wildman–Crippen LogP) is 6.23. The molecular weight excluding hydrogens is 482 g/mol. The van der Waals surface area contributed by atoms with Gasteiger partial charge in [-0.1, -0.05) is 60.7 Å². The van der Waals surface area contributed by atoms with Crippen LogP contribution in [-0.4, -0.2) is 43.1 Å². The summed E-state index contributed by atoms with van der Waals surface area (Å²) in [4.78, 5) is 24.6. The molecule has 3 aromatic carbocycles. The molecule has 39 heavy (non-hydrogen) atoms. The maximum absolute atomic E-state index is 13.0. The molecule has 0 bridgehead atoms. The molecule has 0 spiro atoms. The molecule has 4 aromatic rings. The molecule has 0 unspecified atom stereocenters. The van der Waals surface area contributed by atoms with Crippen LogP contribution in [0.3, 0.4) is 0 Å². The Morgan fingerprint density at radius 1 is 0.795 bits per heavy atom. The van der Waals surface area contributed by atoms with Gasteiger partial charge in [0.05, 0.1) is 5.52 Å². The summed E-state index contributed by atoms with van der Waals surface area (Å²) in [5, 5.41) is 7.84. The van der Waals surface area contributed by atoms with Gasteiger partial charge in [-0.15, -0.1) is 0 Å². The Morgan fingerprint density at radius 2 is 1.38 bits per heavy atom. The van der Waals surface area contributed by atoms with E-state index >= 15 is 0 Å². The minimum atomic E-state index is 0.143. The van der Waals surface area contributed by atoms with Crippen molar-refractivity contribution >= 4 is 28.6 Å². The van der Waals surface area contributed by atoms with Crippen LogP contribution in [0, 0.1) is 11.8 Å². The summed E-state index contributed by atoms with van der Waals surface area (Å²) in [6.45, 7) is 1.65. The van der Waals surface area contributed by atoms with Crippen molar-refractivity contribution in [3.63, 3.8) is 0 Å². The van der Waals surface area contributed by atoms with Gasteiger partial charge in [0.2, 0.25) is 11.9 Å². The van der Waals surface area contributed by atoms with E-state index in [2.05, 4.69) is 65.2 Å². The highest BCUT2D eigenvalue weighted by Gasteiger charge is 2.30. The normalized spacial score (nSPS) is 18.4. The first-order valence-corrected chi connectivity index (χ1v) is 14.2. The van der Waals surface area contributed by atoms with E-state index in [1.165, 1.54) is 22.3 Å². The topological polar surface area (TPSA) is 70.2 Å². The van der Waals surface area contributed by atoms with Gasteiger partial charge in [-0.3, -0.25) is 4.79 Å². The van der Waals surface area contributed by atoms with E-state index in [4.69, 9.17) is 9.97 Å². The quantitative estimate of drug-likeness (QED) is 0.289. The average molecular weight is 520 g/mol. The van der Waals surface area contributed by atoms with Crippen LogP contribution in [0.5, 0.6) is 0 Å². The third-order valence-electron chi connectivity index (χ3n) is 8.46. The van der Waals surface area contributed by atoms with Gasteiger partial charge in [-0.05, 0) is 71.9 Å². The highest BCUT2D eigenvalue weighted by atomic mass is 16.1. The maximum atomic E-state index is 13.0. The standard InChI is InChI=1S/C33H37N5O/c1-38(2)32-28-13-7-8-14-30(28)36-33(37-32)35-21-23-17-15-22(16-18-23)20-34-31(39)19-29-26-11-5-3-9-24(26)25-10-4-6-12-27(25)29/h3-14,22-23,29H,15-21H2,1-2H3,(H,34,39)(H,35,36,37). The summed E-state index contributed by atoms with van der Waals surface area (Å²) in [5.74, 6) is 3.07. The number of hydrogen-bond donors (Lipinski definition) is 2. The van der Waals surface area contributed by atoms with Gasteiger partial charge >= 0.3 is 0 Å². The van der Waals surface area contributed by atoms with Gasteiger partial charge in [0.15, 0.2) is 0 Å². The third-order valence-corrected chi connectivity index (χ3v) is 8.46. The van der Waals surface area contributed by atoms with Crippen molar-refractivity contribution in [1.29, 1.82) is 0 Å². The number of rotatable bonds is 8. The number of hydrogen-bond acceptors (Lipinski definition) is 5. The molecule has 2 aliphatic rings. The molecule has 1 fully saturated rings. The molecule has 1 aromatic heterocycles. The van der Waals surface area contributed by atoms with Gasteiger partial charge in [0.25, 0.3) is 0 Å². The highest BCUT2D eigenvalue weighted by molar-refractivity contribution is 5.90. The average Bonchev–Trinajstić information content (AvgIpc) is 3.28. The first kappa shape index (κ1) is 25.4. The van der Waals surface area contributed by atoms with Gasteiger partial charge in [0, 0.05) is 44.9 Å². The van der Waals surface area contributed by atoms with Crippen molar-refractivity contribution in [3.05, 3.63) is 83.9 Å². The molecule has 200 valence electrons. The Balaban J connectivity index is 0.987. The zero-order chi connectivity index (χ0) is 26.8. The molecule has 0 radical (unpaired) electrons. The van der Waals surface area contributed by atoms with E-state index in [0.29, 0.717) is 24.2 Å². The Labute approximate surface area is 230 Å². The number of fused-ring (bicyclic) bond motifs is 4. The lowest BCUT2D eigenvalue weighted by Crippen LogP contribution is -2.33. The van der Waals surface area contributed by atoms with E-state index in [1.807, 2.05) is 37.2 Å². The third kappa shape index (κ3) is 5.33. The fourth-order valence-corrected chi connectivity index (χ4v) is 6.35. The first-order valence-electron chi connectivity index (χ1n) is 14.2. The van der Waals surface area contributed by atoms with Crippen LogP contribution < -0.4 is 15.5 Å². The fourth-order valence-electron chi connectivity index (χ4n) is 6.35. The maximum Gasteiger partial charge on any atom is 0.225 e. The Bertz CT molecular complexity index is 1430. The number of nitrogens with zero attached hydrogens (tertiary/aromatic N) is 3. The zero-order valence-corrected chi connectivity index (χ0v) is 22.9. The summed E-state index contributed by atoms with van der Waals surface area (Å²) in [6, 6.07) is 25.2. The second-order valence-electron chi connectivity index (χ2n) is 11.3. The molecule has 1 amide bonds. The molecule has 2 aliphatic carbocycles. The zero-order valence-electron chi connectivity index (χ0n) is 22.9. The number of carbonyl (C=O) groups is 1. The minimum Gasteiger partial charge on any atom is -0.362 e. The lowest BCUT2D eigenvalue weighted by Gasteiger charge is -2.29. The van der Waals surface area contributed by atoms with Crippen molar-refractivity contribution < 1.29 is 4.79 Å². The number of para-hydroxylation sites is 1. The van der Waals surface area contributed by atoms with Crippen LogP contribution in [-0.2, 0) is 4.79 Å². The van der Waals surface area contributed by atoms with Crippen LogP contribution in [0.15, 0.2) is 72.8 Å². The molecule has 6 nitrogen and oxygen atoms in total. The Hall–Kier alpha value is -3.93. The number of nitrogens with one attached hydrogen (secondary N) is 2. The van der Waals surface area contributed by atoms with Gasteiger partial charge in [-0.2, -0.15) is 4.98 Å². The largest absolute Gasteiger partial charge is 0.362 e. The fraction of sp³-hybridized carbons (Fsp3) is 0.364. The summed E-state index contributed by atoms with van der Waals surface area (Å²) in [7, 11) is 4.04. The number of anilines is 2. The summed E-state index contributed by atoms with van der Waals surface area (Å²) in [5.41, 5.74) is 6.04. The smallest absolute Gasteiger partial charge is 0.225 e. The second-order valence-corrected chi connectivity index (χ2v) is 11.3. The molecule has 0 saturated heterocycles. The van der Waals surface area contributed by atoms with Gasteiger partial charge in [0.1, 0.15) is 5.82 Å². The minimum absolute atomic E-state index is 0.143. The molecule has 1 saturated carbocycles. The second kappa shape index (κ2) is 11.0. The first-order chi connectivity index (χ1) is 19.1. The number of benzene rings is 3. The lowest BCUT2D eigenvalue weighted by atomic mass is 9.82. The molecule has 0 aliphatic heterocycles. The molecule has 0 atom stereocenters. The van der Waals surface area contributed by atoms with E-state index in [-0.39, 0.29) is 11.8 Å². The van der Waals surface area contributed by atoms with E-state index in [0.717, 1.165) is 55.5 Å². The van der Waals surface area contributed by atoms with Crippen molar-refractivity contribution in [2.24, 2.45) is 11.8 Å². The Kier molecular flexibility index (Phi) is 7.18. The number of carbonyl (C=O) groups excluding carboxylic acids is 1. The number of amides is 1.